The minimum Gasteiger partial charge on any atom is -0.394 e. The highest BCUT2D eigenvalue weighted by molar-refractivity contribution is 5.74. The molecule has 0 aromatic carbocycles. The summed E-state index contributed by atoms with van der Waals surface area (Å²) in [4.78, 5) is 19.7. The van der Waals surface area contributed by atoms with Crippen LogP contribution in [0.25, 0.3) is 5.82 Å². The van der Waals surface area contributed by atoms with E-state index >= 15 is 0 Å². The zero-order valence-electron chi connectivity index (χ0n) is 11.2. The Morgan fingerprint density at radius 3 is 3.05 bits per heavy atom. The number of carbonyl (C=O) groups is 1. The van der Waals surface area contributed by atoms with Crippen molar-refractivity contribution in [1.29, 1.82) is 0 Å². The number of rotatable bonds is 5. The Morgan fingerprint density at radius 1 is 1.50 bits per heavy atom. The molecule has 106 valence electrons. The highest BCUT2D eigenvalue weighted by Gasteiger charge is 2.06. The average molecular weight is 275 g/mol. The summed E-state index contributed by atoms with van der Waals surface area (Å²) < 4.78 is 1.79. The monoisotopic (exact) mass is 275 g/mol. The Labute approximate surface area is 116 Å². The van der Waals surface area contributed by atoms with Gasteiger partial charge in [0, 0.05) is 25.1 Å². The van der Waals surface area contributed by atoms with E-state index in [0.29, 0.717) is 6.54 Å². The van der Waals surface area contributed by atoms with E-state index in [-0.39, 0.29) is 18.7 Å². The first kappa shape index (κ1) is 14.0. The molecule has 2 rings (SSSR count). The quantitative estimate of drug-likeness (QED) is 0.738. The topological polar surface area (TPSA) is 92.1 Å². The molecule has 7 heteroatoms. The van der Waals surface area contributed by atoms with Crippen molar-refractivity contribution in [3.8, 4) is 5.82 Å². The van der Waals surface area contributed by atoms with Crippen LogP contribution in [0.2, 0.25) is 0 Å². The van der Waals surface area contributed by atoms with Crippen molar-refractivity contribution < 1.29 is 9.90 Å². The molecule has 2 aromatic heterocycles. The summed E-state index contributed by atoms with van der Waals surface area (Å²) >= 11 is 0. The van der Waals surface area contributed by atoms with Gasteiger partial charge in [-0.3, -0.25) is 4.57 Å². The van der Waals surface area contributed by atoms with E-state index in [4.69, 9.17) is 5.11 Å². The fourth-order valence-electron chi connectivity index (χ4n) is 1.61. The first-order valence-corrected chi connectivity index (χ1v) is 6.27. The predicted octanol–water partition coefficient (Wildman–Crippen LogP) is 0.447. The number of urea groups is 1. The van der Waals surface area contributed by atoms with Crippen molar-refractivity contribution in [2.24, 2.45) is 0 Å². The van der Waals surface area contributed by atoms with Gasteiger partial charge in [0.05, 0.1) is 12.6 Å². The summed E-state index contributed by atoms with van der Waals surface area (Å²) in [7, 11) is 0. The van der Waals surface area contributed by atoms with Gasteiger partial charge in [0.2, 0.25) is 0 Å². The molecule has 7 nitrogen and oxygen atoms in total. The minimum absolute atomic E-state index is 0.0898. The molecule has 3 N–H and O–H groups in total. The van der Waals surface area contributed by atoms with Gasteiger partial charge in [0.25, 0.3) is 0 Å². The van der Waals surface area contributed by atoms with Gasteiger partial charge in [-0.25, -0.2) is 14.8 Å². The zero-order valence-corrected chi connectivity index (χ0v) is 11.2. The fraction of sp³-hybridized carbons (Fsp3) is 0.308. The van der Waals surface area contributed by atoms with Crippen LogP contribution in [0.1, 0.15) is 12.5 Å². The minimum atomic E-state index is -0.312. The highest BCUT2D eigenvalue weighted by Crippen LogP contribution is 2.06. The van der Waals surface area contributed by atoms with Crippen LogP contribution >= 0.6 is 0 Å². The standard InChI is InChI=1S/C13H17N5O2/c1-10(8-19)17-13(20)16-7-11-2-3-15-12(6-11)18-5-4-14-9-18/h2-6,9-10,19H,7-8H2,1H3,(H2,16,17,20). The Balaban J connectivity index is 1.94. The lowest BCUT2D eigenvalue weighted by molar-refractivity contribution is 0.220. The number of hydrogen-bond acceptors (Lipinski definition) is 4. The maximum absolute atomic E-state index is 11.5. The molecular formula is C13H17N5O2. The highest BCUT2D eigenvalue weighted by atomic mass is 16.3. The SMILES string of the molecule is CC(CO)NC(=O)NCc1ccnc(-n2ccnc2)c1. The summed E-state index contributed by atoms with van der Waals surface area (Å²) in [6.45, 7) is 2.02. The number of aliphatic hydroxyl groups is 1. The largest absolute Gasteiger partial charge is 0.394 e. The van der Waals surface area contributed by atoms with Gasteiger partial charge < -0.3 is 15.7 Å². The van der Waals surface area contributed by atoms with Gasteiger partial charge in [0.15, 0.2) is 0 Å². The normalized spacial score (nSPS) is 11.9. The number of imidazole rings is 1. The van der Waals surface area contributed by atoms with Gasteiger partial charge in [-0.2, -0.15) is 0 Å². The van der Waals surface area contributed by atoms with Crippen molar-refractivity contribution in [2.45, 2.75) is 19.5 Å². The van der Waals surface area contributed by atoms with Crippen LogP contribution in [-0.2, 0) is 6.54 Å². The Bertz CT molecular complexity index is 556. The second-order valence-corrected chi connectivity index (χ2v) is 4.40. The van der Waals surface area contributed by atoms with Gasteiger partial charge in [0.1, 0.15) is 12.1 Å². The molecule has 0 aliphatic carbocycles. The number of aliphatic hydroxyl groups excluding tert-OH is 1. The van der Waals surface area contributed by atoms with E-state index < -0.39 is 0 Å². The molecule has 0 aliphatic heterocycles. The number of nitrogens with zero attached hydrogens (tertiary/aromatic N) is 3. The number of pyridine rings is 1. The number of carbonyl (C=O) groups excluding carboxylic acids is 1. The van der Waals surface area contributed by atoms with Gasteiger partial charge in [-0.05, 0) is 24.6 Å². The number of aromatic nitrogens is 3. The Morgan fingerprint density at radius 2 is 2.35 bits per heavy atom. The van der Waals surface area contributed by atoms with E-state index in [1.165, 1.54) is 0 Å². The third-order valence-electron chi connectivity index (χ3n) is 2.68. The molecule has 1 atom stereocenters. The molecule has 20 heavy (non-hydrogen) atoms. The molecule has 0 fully saturated rings. The molecule has 0 saturated carbocycles. The summed E-state index contributed by atoms with van der Waals surface area (Å²) in [5.41, 5.74) is 0.926. The van der Waals surface area contributed by atoms with Crippen molar-refractivity contribution in [1.82, 2.24) is 25.2 Å². The number of hydrogen-bond donors (Lipinski definition) is 3. The lowest BCUT2D eigenvalue weighted by Gasteiger charge is -2.12. The Hall–Kier alpha value is -2.41. The predicted molar refractivity (Wildman–Crippen MR) is 73.3 cm³/mol. The average Bonchev–Trinajstić information content (AvgIpc) is 2.99. The van der Waals surface area contributed by atoms with E-state index in [2.05, 4.69) is 20.6 Å². The molecule has 0 radical (unpaired) electrons. The molecule has 1 unspecified atom stereocenters. The zero-order chi connectivity index (χ0) is 14.4. The van der Waals surface area contributed by atoms with Crippen LogP contribution < -0.4 is 10.6 Å². The van der Waals surface area contributed by atoms with Crippen molar-refractivity contribution in [3.05, 3.63) is 42.6 Å². The first-order valence-electron chi connectivity index (χ1n) is 6.27. The third kappa shape index (κ3) is 3.79. The van der Waals surface area contributed by atoms with Crippen LogP contribution in [0.15, 0.2) is 37.1 Å². The van der Waals surface area contributed by atoms with Crippen LogP contribution in [0, 0.1) is 0 Å². The smallest absolute Gasteiger partial charge is 0.315 e. The van der Waals surface area contributed by atoms with Crippen molar-refractivity contribution in [2.75, 3.05) is 6.61 Å². The van der Waals surface area contributed by atoms with Gasteiger partial charge in [-0.15, -0.1) is 0 Å². The number of nitrogens with one attached hydrogen (secondary N) is 2. The van der Waals surface area contributed by atoms with E-state index in [1.54, 1.807) is 36.4 Å². The van der Waals surface area contributed by atoms with E-state index in [0.717, 1.165) is 11.4 Å². The van der Waals surface area contributed by atoms with Crippen LogP contribution in [0.4, 0.5) is 4.79 Å². The van der Waals surface area contributed by atoms with Crippen LogP contribution in [-0.4, -0.2) is 38.3 Å². The second kappa shape index (κ2) is 6.67. The molecule has 2 heterocycles. The van der Waals surface area contributed by atoms with Crippen molar-refractivity contribution >= 4 is 6.03 Å². The molecular weight excluding hydrogens is 258 g/mol. The lowest BCUT2D eigenvalue weighted by atomic mass is 10.2. The summed E-state index contributed by atoms with van der Waals surface area (Å²) in [5.74, 6) is 0.742. The van der Waals surface area contributed by atoms with Gasteiger partial charge >= 0.3 is 6.03 Å². The fourth-order valence-corrected chi connectivity index (χ4v) is 1.61. The van der Waals surface area contributed by atoms with Gasteiger partial charge in [-0.1, -0.05) is 0 Å². The number of amides is 2. The third-order valence-corrected chi connectivity index (χ3v) is 2.68. The second-order valence-electron chi connectivity index (χ2n) is 4.40. The molecule has 0 spiro atoms. The van der Waals surface area contributed by atoms with Crippen molar-refractivity contribution in [3.63, 3.8) is 0 Å². The molecule has 0 bridgehead atoms. The Kier molecular flexibility index (Phi) is 4.67. The molecule has 2 amide bonds. The van der Waals surface area contributed by atoms with E-state index in [9.17, 15) is 4.79 Å². The molecule has 0 saturated heterocycles. The summed E-state index contributed by atoms with van der Waals surface area (Å²) in [6, 6.07) is 3.12. The summed E-state index contributed by atoms with van der Waals surface area (Å²) in [5, 5.41) is 14.2. The maximum atomic E-state index is 11.5. The van der Waals surface area contributed by atoms with E-state index in [1.807, 2.05) is 12.1 Å². The molecule has 2 aromatic rings. The lowest BCUT2D eigenvalue weighted by Crippen LogP contribution is -2.41. The van der Waals surface area contributed by atoms with Crippen LogP contribution in [0.3, 0.4) is 0 Å². The summed E-state index contributed by atoms with van der Waals surface area (Å²) in [6.07, 6.45) is 6.82. The first-order chi connectivity index (χ1) is 9.69. The van der Waals surface area contributed by atoms with Crippen LogP contribution in [0.5, 0.6) is 0 Å². The maximum Gasteiger partial charge on any atom is 0.315 e. The molecule has 0 aliphatic rings.